The van der Waals surface area contributed by atoms with Crippen LogP contribution in [0.15, 0.2) is 6.07 Å². The summed E-state index contributed by atoms with van der Waals surface area (Å²) in [5.41, 5.74) is 2.14. The number of rotatable bonds is 4. The Balaban J connectivity index is 1.67. The maximum absolute atomic E-state index is 12.9. The minimum absolute atomic E-state index is 0.0547. The topological polar surface area (TPSA) is 65.1 Å². The summed E-state index contributed by atoms with van der Waals surface area (Å²) < 4.78 is 16.8. The zero-order valence-electron chi connectivity index (χ0n) is 15.4. The Hall–Kier alpha value is -2.08. The first-order valence-corrected chi connectivity index (χ1v) is 9.35. The van der Waals surface area contributed by atoms with Crippen LogP contribution in [0.2, 0.25) is 0 Å². The van der Waals surface area contributed by atoms with E-state index in [1.54, 1.807) is 7.11 Å². The van der Waals surface area contributed by atoms with Gasteiger partial charge in [0.1, 0.15) is 11.6 Å². The largest absolute Gasteiger partial charge is 0.492 e. The fraction of sp³-hybridized carbons (Fsp3) is 0.600. The van der Waals surface area contributed by atoms with Gasteiger partial charge in [-0.05, 0) is 37.9 Å². The van der Waals surface area contributed by atoms with Gasteiger partial charge in [0.2, 0.25) is 12.5 Å². The highest BCUT2D eigenvalue weighted by Gasteiger charge is 2.37. The molecule has 140 valence electrons. The molecule has 4 rings (SSSR count). The molecule has 2 heterocycles. The molecular weight excluding hydrogens is 334 g/mol. The number of Topliss-reactive ketones (excluding diaryl/α,β-unsaturated/α-hetero) is 2. The molecule has 6 nitrogen and oxygen atoms in total. The van der Waals surface area contributed by atoms with E-state index in [2.05, 4.69) is 4.90 Å². The Morgan fingerprint density at radius 3 is 2.92 bits per heavy atom. The number of ketones is 2. The molecule has 0 bridgehead atoms. The quantitative estimate of drug-likeness (QED) is 0.770. The molecule has 2 aliphatic heterocycles. The highest BCUT2D eigenvalue weighted by Crippen LogP contribution is 2.50. The molecule has 1 aliphatic carbocycles. The van der Waals surface area contributed by atoms with Crippen molar-refractivity contribution in [2.45, 2.75) is 44.6 Å². The molecule has 0 N–H and O–H groups in total. The molecule has 0 saturated heterocycles. The van der Waals surface area contributed by atoms with Crippen molar-refractivity contribution in [3.63, 3.8) is 0 Å². The maximum Gasteiger partial charge on any atom is 0.231 e. The monoisotopic (exact) mass is 359 g/mol. The zero-order valence-corrected chi connectivity index (χ0v) is 15.4. The van der Waals surface area contributed by atoms with Crippen molar-refractivity contribution >= 4 is 11.6 Å². The van der Waals surface area contributed by atoms with Crippen LogP contribution < -0.4 is 14.2 Å². The lowest BCUT2D eigenvalue weighted by molar-refractivity contribution is -0.135. The summed E-state index contributed by atoms with van der Waals surface area (Å²) in [7, 11) is 3.64. The van der Waals surface area contributed by atoms with Gasteiger partial charge in [0, 0.05) is 31.0 Å². The molecule has 1 fully saturated rings. The summed E-state index contributed by atoms with van der Waals surface area (Å²) in [5, 5.41) is 0. The number of carbonyl (C=O) groups is 2. The van der Waals surface area contributed by atoms with E-state index < -0.39 is 5.92 Å². The normalized spacial score (nSPS) is 25.1. The van der Waals surface area contributed by atoms with Gasteiger partial charge in [0.05, 0.1) is 13.0 Å². The first kappa shape index (κ1) is 17.3. The van der Waals surface area contributed by atoms with Gasteiger partial charge < -0.3 is 14.2 Å². The molecule has 1 saturated carbocycles. The highest BCUT2D eigenvalue weighted by atomic mass is 16.7. The summed E-state index contributed by atoms with van der Waals surface area (Å²) in [6.45, 7) is 1.04. The molecule has 0 amide bonds. The van der Waals surface area contributed by atoms with Crippen molar-refractivity contribution < 1.29 is 23.8 Å². The van der Waals surface area contributed by atoms with E-state index in [9.17, 15) is 9.59 Å². The number of ether oxygens (including phenoxy) is 3. The summed E-state index contributed by atoms with van der Waals surface area (Å²) in [5.74, 6) is 1.72. The highest BCUT2D eigenvalue weighted by molar-refractivity contribution is 6.03. The molecule has 6 heteroatoms. The smallest absolute Gasteiger partial charge is 0.231 e. The maximum atomic E-state index is 12.9. The lowest BCUT2D eigenvalue weighted by atomic mass is 9.80. The summed E-state index contributed by atoms with van der Waals surface area (Å²) in [6.07, 6.45) is 4.30. The van der Waals surface area contributed by atoms with Gasteiger partial charge in [-0.1, -0.05) is 6.42 Å². The van der Waals surface area contributed by atoms with Crippen molar-refractivity contribution in [3.8, 4) is 17.2 Å². The van der Waals surface area contributed by atoms with Gasteiger partial charge in [-0.25, -0.2) is 0 Å². The fourth-order valence-electron chi connectivity index (χ4n) is 4.44. The van der Waals surface area contributed by atoms with Crippen molar-refractivity contribution in [3.05, 3.63) is 17.2 Å². The standard InChI is InChI=1S/C20H25NO5/c1-21-8-7-12-9-17-19(26-11-25-17)20(24-2)18(12)14(21)10-16(23)13-5-3-4-6-15(13)22/h9,13-14H,3-8,10-11H2,1-2H3/t13-,14+/m0/s1. The van der Waals surface area contributed by atoms with E-state index >= 15 is 0 Å². The van der Waals surface area contributed by atoms with E-state index in [1.165, 1.54) is 0 Å². The summed E-state index contributed by atoms with van der Waals surface area (Å²) in [4.78, 5) is 27.3. The third kappa shape index (κ3) is 2.86. The van der Waals surface area contributed by atoms with E-state index in [0.29, 0.717) is 36.5 Å². The number of benzene rings is 1. The van der Waals surface area contributed by atoms with Crippen LogP contribution in [0, 0.1) is 5.92 Å². The molecule has 0 unspecified atom stereocenters. The van der Waals surface area contributed by atoms with Gasteiger partial charge >= 0.3 is 0 Å². The Labute approximate surface area is 153 Å². The molecule has 26 heavy (non-hydrogen) atoms. The first-order valence-electron chi connectivity index (χ1n) is 9.35. The van der Waals surface area contributed by atoms with Gasteiger partial charge in [0.15, 0.2) is 11.5 Å². The van der Waals surface area contributed by atoms with Gasteiger partial charge in [0.25, 0.3) is 0 Å². The van der Waals surface area contributed by atoms with Crippen LogP contribution >= 0.6 is 0 Å². The third-order valence-corrected chi connectivity index (χ3v) is 5.88. The number of hydrogen-bond donors (Lipinski definition) is 0. The molecule has 3 aliphatic rings. The number of carbonyl (C=O) groups excluding carboxylic acids is 2. The Morgan fingerprint density at radius 1 is 1.31 bits per heavy atom. The number of hydrogen-bond acceptors (Lipinski definition) is 6. The van der Waals surface area contributed by atoms with Crippen LogP contribution in [0.5, 0.6) is 17.2 Å². The number of likely N-dealkylation sites (N-methyl/N-ethyl adjacent to an activating group) is 1. The molecule has 0 spiro atoms. The SMILES string of the molecule is COc1c2c(cc3c1[C@@H](CC(=O)[C@H]1CCCCC1=O)N(C)CC3)OCO2. The summed E-state index contributed by atoms with van der Waals surface area (Å²) in [6, 6.07) is 1.90. The molecule has 0 radical (unpaired) electrons. The summed E-state index contributed by atoms with van der Waals surface area (Å²) >= 11 is 0. The molecule has 1 aromatic carbocycles. The minimum atomic E-state index is -0.428. The van der Waals surface area contributed by atoms with Gasteiger partial charge in [-0.15, -0.1) is 0 Å². The second kappa shape index (κ2) is 6.91. The third-order valence-electron chi connectivity index (χ3n) is 5.88. The van der Waals surface area contributed by atoms with Crippen molar-refractivity contribution in [1.82, 2.24) is 4.90 Å². The second-order valence-corrected chi connectivity index (χ2v) is 7.40. The Bertz CT molecular complexity index is 744. The van der Waals surface area contributed by atoms with Crippen LogP contribution in [0.4, 0.5) is 0 Å². The van der Waals surface area contributed by atoms with Crippen LogP contribution in [-0.4, -0.2) is 44.0 Å². The van der Waals surface area contributed by atoms with E-state index in [0.717, 1.165) is 36.9 Å². The Morgan fingerprint density at radius 2 is 2.15 bits per heavy atom. The number of methoxy groups -OCH3 is 1. The number of fused-ring (bicyclic) bond motifs is 2. The van der Waals surface area contributed by atoms with Gasteiger partial charge in [-0.2, -0.15) is 0 Å². The Kier molecular flexibility index (Phi) is 4.61. The predicted molar refractivity (Wildman–Crippen MR) is 94.8 cm³/mol. The van der Waals surface area contributed by atoms with E-state index in [1.807, 2.05) is 13.1 Å². The molecule has 2 atom stereocenters. The molecule has 0 aromatic heterocycles. The van der Waals surface area contributed by atoms with E-state index in [4.69, 9.17) is 14.2 Å². The zero-order chi connectivity index (χ0) is 18.3. The molecule has 1 aromatic rings. The molecular formula is C20H25NO5. The van der Waals surface area contributed by atoms with Crippen LogP contribution in [-0.2, 0) is 16.0 Å². The van der Waals surface area contributed by atoms with Crippen LogP contribution in [0.3, 0.4) is 0 Å². The fourth-order valence-corrected chi connectivity index (χ4v) is 4.44. The second-order valence-electron chi connectivity index (χ2n) is 7.40. The van der Waals surface area contributed by atoms with Crippen LogP contribution in [0.1, 0.15) is 49.3 Å². The average Bonchev–Trinajstić information content (AvgIpc) is 3.10. The van der Waals surface area contributed by atoms with Crippen molar-refractivity contribution in [2.24, 2.45) is 5.92 Å². The van der Waals surface area contributed by atoms with E-state index in [-0.39, 0.29) is 24.4 Å². The van der Waals surface area contributed by atoms with Gasteiger partial charge in [-0.3, -0.25) is 14.5 Å². The van der Waals surface area contributed by atoms with Crippen LogP contribution in [0.25, 0.3) is 0 Å². The minimum Gasteiger partial charge on any atom is -0.492 e. The number of nitrogens with zero attached hydrogens (tertiary/aromatic N) is 1. The predicted octanol–water partition coefficient (Wildman–Crippen LogP) is 2.67. The van der Waals surface area contributed by atoms with Crippen molar-refractivity contribution in [2.75, 3.05) is 27.5 Å². The van der Waals surface area contributed by atoms with Crippen molar-refractivity contribution in [1.29, 1.82) is 0 Å². The first-order chi connectivity index (χ1) is 12.6. The lowest BCUT2D eigenvalue weighted by Gasteiger charge is -2.36. The average molecular weight is 359 g/mol. The lowest BCUT2D eigenvalue weighted by Crippen LogP contribution is -2.36.